The Hall–Kier alpha value is -1.39. The van der Waals surface area contributed by atoms with Crippen molar-refractivity contribution in [1.29, 1.82) is 0 Å². The highest BCUT2D eigenvalue weighted by Crippen LogP contribution is 2.31. The summed E-state index contributed by atoms with van der Waals surface area (Å²) in [4.78, 5) is 8.29. The summed E-state index contributed by atoms with van der Waals surface area (Å²) in [6, 6.07) is 10.6. The molecule has 1 aromatic carbocycles. The summed E-state index contributed by atoms with van der Waals surface area (Å²) in [5.74, 6) is 0.482. The lowest BCUT2D eigenvalue weighted by atomic mass is 10.0. The molecule has 1 aromatic heterocycles. The van der Waals surface area contributed by atoms with E-state index in [1.165, 1.54) is 16.1 Å². The van der Waals surface area contributed by atoms with Gasteiger partial charge in [-0.05, 0) is 24.3 Å². The Morgan fingerprint density at radius 2 is 2.00 bits per heavy atom. The number of rotatable bonds is 7. The first kappa shape index (κ1) is 16.0. The second-order valence-corrected chi connectivity index (χ2v) is 6.54. The number of hydrogen-bond donors (Lipinski definition) is 1. The Labute approximate surface area is 131 Å². The summed E-state index contributed by atoms with van der Waals surface area (Å²) in [5, 5.41) is 1.08. The fourth-order valence-corrected chi connectivity index (χ4v) is 3.32. The molecule has 2 N–H and O–H groups in total. The van der Waals surface area contributed by atoms with Gasteiger partial charge in [0.15, 0.2) is 5.13 Å². The highest BCUT2D eigenvalue weighted by Gasteiger charge is 2.16. The number of likely N-dealkylation sites (N-methyl/N-ethyl adjacent to an activating group) is 1. The molecular weight excluding hydrogens is 278 g/mol. The largest absolute Gasteiger partial charge is 0.351 e. The molecule has 0 fully saturated rings. The van der Waals surface area contributed by atoms with Gasteiger partial charge in [0.25, 0.3) is 0 Å². The molecule has 1 heterocycles. The van der Waals surface area contributed by atoms with E-state index in [-0.39, 0.29) is 0 Å². The smallest absolute Gasteiger partial charge is 0.185 e. The summed E-state index contributed by atoms with van der Waals surface area (Å²) in [7, 11) is 2.11. The summed E-state index contributed by atoms with van der Waals surface area (Å²) in [5.41, 5.74) is 8.42. The van der Waals surface area contributed by atoms with E-state index in [0.717, 1.165) is 24.5 Å². The number of aromatic nitrogens is 1. The van der Waals surface area contributed by atoms with Crippen molar-refractivity contribution in [3.8, 4) is 0 Å². The van der Waals surface area contributed by atoms with E-state index in [1.807, 2.05) is 0 Å². The number of anilines is 1. The first-order valence-corrected chi connectivity index (χ1v) is 8.42. The number of nitrogens with two attached hydrogens (primary N) is 1. The molecule has 0 radical (unpaired) electrons. The molecule has 0 amide bonds. The number of nitrogens with zero attached hydrogens (tertiary/aromatic N) is 2. The second-order valence-electron chi connectivity index (χ2n) is 5.48. The van der Waals surface area contributed by atoms with Gasteiger partial charge in [-0.15, -0.1) is 11.3 Å². The summed E-state index contributed by atoms with van der Waals surface area (Å²) >= 11 is 1.74. The molecule has 114 valence electrons. The van der Waals surface area contributed by atoms with Gasteiger partial charge in [0, 0.05) is 25.0 Å². The predicted molar refractivity (Wildman–Crippen MR) is 92.1 cm³/mol. The quantitative estimate of drug-likeness (QED) is 0.846. The molecule has 2 rings (SSSR count). The van der Waals surface area contributed by atoms with Crippen LogP contribution < -0.4 is 10.6 Å². The third-order valence-corrected chi connectivity index (χ3v) is 5.09. The maximum atomic E-state index is 5.87. The maximum absolute atomic E-state index is 5.87. The molecule has 0 aliphatic heterocycles. The van der Waals surface area contributed by atoms with Crippen LogP contribution in [0.4, 0.5) is 5.13 Å². The van der Waals surface area contributed by atoms with Gasteiger partial charge >= 0.3 is 0 Å². The van der Waals surface area contributed by atoms with Gasteiger partial charge < -0.3 is 10.6 Å². The van der Waals surface area contributed by atoms with Gasteiger partial charge in [-0.2, -0.15) is 0 Å². The number of thiazole rings is 1. The van der Waals surface area contributed by atoms with Gasteiger partial charge in [0.1, 0.15) is 0 Å². The lowest BCUT2D eigenvalue weighted by Crippen LogP contribution is -2.20. The zero-order valence-corrected chi connectivity index (χ0v) is 14.0. The van der Waals surface area contributed by atoms with Crippen LogP contribution in [-0.2, 0) is 13.0 Å². The average Bonchev–Trinajstić information content (AvgIpc) is 2.97. The Morgan fingerprint density at radius 1 is 1.29 bits per heavy atom. The first-order valence-electron chi connectivity index (χ1n) is 7.60. The van der Waals surface area contributed by atoms with E-state index in [1.54, 1.807) is 11.3 Å². The fraction of sp³-hybridized carbons (Fsp3) is 0.471. The van der Waals surface area contributed by atoms with Crippen molar-refractivity contribution in [2.75, 3.05) is 18.5 Å². The maximum Gasteiger partial charge on any atom is 0.185 e. The summed E-state index contributed by atoms with van der Waals surface area (Å²) in [6.45, 7) is 5.98. The standard InChI is InChI=1S/C17H25N3S/c1-4-13(2)16-15(12-18)21-17(19-16)20(3)11-10-14-8-6-5-7-9-14/h5-9,13H,4,10-12,18H2,1-3H3. The monoisotopic (exact) mass is 303 g/mol. The molecule has 3 nitrogen and oxygen atoms in total. The lowest BCUT2D eigenvalue weighted by molar-refractivity contribution is 0.702. The highest BCUT2D eigenvalue weighted by molar-refractivity contribution is 7.15. The van der Waals surface area contributed by atoms with Crippen LogP contribution in [0.2, 0.25) is 0 Å². The van der Waals surface area contributed by atoms with Crippen LogP contribution in [-0.4, -0.2) is 18.6 Å². The minimum atomic E-state index is 0.482. The second kappa shape index (κ2) is 7.57. The molecule has 1 atom stereocenters. The number of benzene rings is 1. The Balaban J connectivity index is 2.05. The van der Waals surface area contributed by atoms with E-state index >= 15 is 0 Å². The zero-order valence-electron chi connectivity index (χ0n) is 13.2. The topological polar surface area (TPSA) is 42.2 Å². The van der Waals surface area contributed by atoms with Crippen molar-refractivity contribution >= 4 is 16.5 Å². The van der Waals surface area contributed by atoms with Crippen LogP contribution in [0, 0.1) is 0 Å². The van der Waals surface area contributed by atoms with E-state index in [2.05, 4.69) is 56.1 Å². The molecule has 0 aliphatic rings. The molecule has 0 bridgehead atoms. The van der Waals surface area contributed by atoms with Gasteiger partial charge in [-0.1, -0.05) is 44.2 Å². The summed E-state index contributed by atoms with van der Waals surface area (Å²) in [6.07, 6.45) is 2.14. The predicted octanol–water partition coefficient (Wildman–Crippen LogP) is 3.79. The van der Waals surface area contributed by atoms with Crippen LogP contribution >= 0.6 is 11.3 Å². The first-order chi connectivity index (χ1) is 10.2. The van der Waals surface area contributed by atoms with E-state index in [9.17, 15) is 0 Å². The molecule has 1 unspecified atom stereocenters. The van der Waals surface area contributed by atoms with Crippen LogP contribution in [0.15, 0.2) is 30.3 Å². The molecule has 21 heavy (non-hydrogen) atoms. The van der Waals surface area contributed by atoms with Crippen molar-refractivity contribution < 1.29 is 0 Å². The molecule has 0 saturated heterocycles. The van der Waals surface area contributed by atoms with Crippen LogP contribution in [0.25, 0.3) is 0 Å². The minimum absolute atomic E-state index is 0.482. The normalized spacial score (nSPS) is 12.4. The zero-order chi connectivity index (χ0) is 15.2. The fourth-order valence-electron chi connectivity index (χ4n) is 2.28. The molecule has 2 aromatic rings. The Kier molecular flexibility index (Phi) is 5.76. The van der Waals surface area contributed by atoms with Crippen LogP contribution in [0.1, 0.15) is 42.3 Å². The summed E-state index contributed by atoms with van der Waals surface area (Å²) < 4.78 is 0. The molecular formula is C17H25N3S. The molecule has 0 aliphatic carbocycles. The van der Waals surface area contributed by atoms with E-state index in [0.29, 0.717) is 12.5 Å². The highest BCUT2D eigenvalue weighted by atomic mass is 32.1. The molecule has 0 saturated carbocycles. The Morgan fingerprint density at radius 3 is 2.62 bits per heavy atom. The molecule has 4 heteroatoms. The van der Waals surface area contributed by atoms with Crippen LogP contribution in [0.3, 0.4) is 0 Å². The van der Waals surface area contributed by atoms with Crippen molar-refractivity contribution in [3.63, 3.8) is 0 Å². The van der Waals surface area contributed by atoms with Gasteiger partial charge in [-0.25, -0.2) is 4.98 Å². The SMILES string of the molecule is CCC(C)c1nc(N(C)CCc2ccccc2)sc1CN. The van der Waals surface area contributed by atoms with Gasteiger partial charge in [0.05, 0.1) is 5.69 Å². The van der Waals surface area contributed by atoms with Gasteiger partial charge in [-0.3, -0.25) is 0 Å². The average molecular weight is 303 g/mol. The van der Waals surface area contributed by atoms with E-state index in [4.69, 9.17) is 10.7 Å². The molecule has 0 spiro atoms. The van der Waals surface area contributed by atoms with Gasteiger partial charge in [0.2, 0.25) is 0 Å². The number of hydrogen-bond acceptors (Lipinski definition) is 4. The third-order valence-electron chi connectivity index (χ3n) is 3.89. The third kappa shape index (κ3) is 4.05. The van der Waals surface area contributed by atoms with Crippen molar-refractivity contribution in [3.05, 3.63) is 46.5 Å². The van der Waals surface area contributed by atoms with Crippen molar-refractivity contribution in [2.24, 2.45) is 5.73 Å². The van der Waals surface area contributed by atoms with Crippen LogP contribution in [0.5, 0.6) is 0 Å². The lowest BCUT2D eigenvalue weighted by Gasteiger charge is -2.15. The van der Waals surface area contributed by atoms with Crippen molar-refractivity contribution in [2.45, 2.75) is 39.2 Å². The minimum Gasteiger partial charge on any atom is -0.351 e. The Bertz CT molecular complexity index is 550. The van der Waals surface area contributed by atoms with E-state index < -0.39 is 0 Å². The van der Waals surface area contributed by atoms with Crippen molar-refractivity contribution in [1.82, 2.24) is 4.98 Å².